The highest BCUT2D eigenvalue weighted by Crippen LogP contribution is 2.44. The van der Waals surface area contributed by atoms with Crippen LogP contribution in [0.4, 0.5) is 11.5 Å². The van der Waals surface area contributed by atoms with Gasteiger partial charge in [-0.05, 0) is 43.0 Å². The third-order valence-electron chi connectivity index (χ3n) is 5.11. The molecule has 2 unspecified atom stereocenters. The molecular formula is C20H24N4OS. The maximum absolute atomic E-state index is 11.3. The molecule has 2 aliphatic rings. The van der Waals surface area contributed by atoms with Crippen LogP contribution >= 0.6 is 11.8 Å². The quantitative estimate of drug-likeness (QED) is 0.895. The molecule has 2 heterocycles. The van der Waals surface area contributed by atoms with Gasteiger partial charge < -0.3 is 10.0 Å². The van der Waals surface area contributed by atoms with Gasteiger partial charge in [0.15, 0.2) is 10.9 Å². The first-order chi connectivity index (χ1) is 12.6. The van der Waals surface area contributed by atoms with Gasteiger partial charge >= 0.3 is 0 Å². The van der Waals surface area contributed by atoms with Crippen molar-refractivity contribution in [3.63, 3.8) is 0 Å². The monoisotopic (exact) mass is 368 g/mol. The summed E-state index contributed by atoms with van der Waals surface area (Å²) in [6.45, 7) is 0. The van der Waals surface area contributed by atoms with E-state index in [1.165, 1.54) is 11.3 Å². The molecule has 1 aromatic heterocycles. The van der Waals surface area contributed by atoms with Gasteiger partial charge in [-0.3, -0.25) is 9.89 Å². The Morgan fingerprint density at radius 1 is 1.23 bits per heavy atom. The van der Waals surface area contributed by atoms with E-state index in [-0.39, 0.29) is 6.04 Å². The van der Waals surface area contributed by atoms with E-state index in [2.05, 4.69) is 48.2 Å². The first kappa shape index (κ1) is 17.4. The lowest BCUT2D eigenvalue weighted by Gasteiger charge is -2.34. The predicted molar refractivity (Wildman–Crippen MR) is 109 cm³/mol. The third-order valence-corrected chi connectivity index (χ3v) is 6.11. The Kier molecular flexibility index (Phi) is 4.63. The standard InChI is InChI=1S/C20H24N4OS/c1-23(2)16-9-4-3-8-15(16)14-26-19-22-17-10-7-12-20(17,25)24(19)18-11-5-6-13-21-18/h3-6,8-9,11,13,17,25H,7,10,12,14H2,1-2H3. The average Bonchev–Trinajstić information content (AvgIpc) is 3.13. The summed E-state index contributed by atoms with van der Waals surface area (Å²) in [6, 6.07) is 14.1. The molecular weight excluding hydrogens is 344 g/mol. The summed E-state index contributed by atoms with van der Waals surface area (Å²) in [4.78, 5) is 13.4. The zero-order chi connectivity index (χ0) is 18.1. The molecule has 1 aliphatic carbocycles. The Labute approximate surface area is 158 Å². The van der Waals surface area contributed by atoms with Crippen LogP contribution in [0.25, 0.3) is 0 Å². The number of thioether (sulfide) groups is 1. The topological polar surface area (TPSA) is 52.0 Å². The van der Waals surface area contributed by atoms with Crippen LogP contribution in [0.15, 0.2) is 53.7 Å². The van der Waals surface area contributed by atoms with Gasteiger partial charge in [-0.15, -0.1) is 0 Å². The van der Waals surface area contributed by atoms with E-state index >= 15 is 0 Å². The first-order valence-electron chi connectivity index (χ1n) is 8.99. The van der Waals surface area contributed by atoms with Crippen molar-refractivity contribution in [2.75, 3.05) is 23.9 Å². The van der Waals surface area contributed by atoms with Crippen LogP contribution in [0.5, 0.6) is 0 Å². The lowest BCUT2D eigenvalue weighted by atomic mass is 10.1. The normalized spacial score (nSPS) is 24.5. The molecule has 1 N–H and O–H groups in total. The van der Waals surface area contributed by atoms with Crippen molar-refractivity contribution in [3.8, 4) is 0 Å². The number of fused-ring (bicyclic) bond motifs is 1. The summed E-state index contributed by atoms with van der Waals surface area (Å²) in [5, 5.41) is 12.2. The van der Waals surface area contributed by atoms with Crippen LogP contribution in [0.1, 0.15) is 24.8 Å². The highest BCUT2D eigenvalue weighted by atomic mass is 32.2. The number of amidine groups is 1. The van der Waals surface area contributed by atoms with Crippen LogP contribution in [0.3, 0.4) is 0 Å². The number of anilines is 2. The van der Waals surface area contributed by atoms with E-state index < -0.39 is 5.72 Å². The molecule has 0 amide bonds. The largest absolute Gasteiger partial charge is 0.377 e. The summed E-state index contributed by atoms with van der Waals surface area (Å²) in [7, 11) is 4.12. The number of aromatic nitrogens is 1. The van der Waals surface area contributed by atoms with Gasteiger partial charge in [-0.1, -0.05) is 36.0 Å². The Morgan fingerprint density at radius 2 is 2.04 bits per heavy atom. The SMILES string of the molecule is CN(C)c1ccccc1CSC1=NC2CCCC2(O)N1c1ccccn1. The van der Waals surface area contributed by atoms with Crippen molar-refractivity contribution in [2.45, 2.75) is 36.8 Å². The highest BCUT2D eigenvalue weighted by Gasteiger charge is 2.53. The van der Waals surface area contributed by atoms with Gasteiger partial charge in [0.2, 0.25) is 0 Å². The summed E-state index contributed by atoms with van der Waals surface area (Å²) in [6.07, 6.45) is 4.42. The maximum Gasteiger partial charge on any atom is 0.168 e. The molecule has 4 rings (SSSR count). The molecule has 1 saturated carbocycles. The van der Waals surface area contributed by atoms with Crippen molar-refractivity contribution < 1.29 is 5.11 Å². The minimum atomic E-state index is -0.933. The zero-order valence-electron chi connectivity index (χ0n) is 15.2. The lowest BCUT2D eigenvalue weighted by molar-refractivity contribution is 0.0511. The number of aliphatic imine (C=N–C) groups is 1. The summed E-state index contributed by atoms with van der Waals surface area (Å²) >= 11 is 1.68. The van der Waals surface area contributed by atoms with Crippen molar-refractivity contribution >= 4 is 28.4 Å². The Balaban J connectivity index is 1.61. The second-order valence-corrected chi connectivity index (χ2v) is 7.98. The lowest BCUT2D eigenvalue weighted by Crippen LogP contribution is -2.50. The second kappa shape index (κ2) is 6.93. The zero-order valence-corrected chi connectivity index (χ0v) is 16.0. The van der Waals surface area contributed by atoms with Gasteiger partial charge in [0.05, 0.1) is 0 Å². The molecule has 0 saturated heterocycles. The summed E-state index contributed by atoms with van der Waals surface area (Å²) in [5.41, 5.74) is 1.54. The number of para-hydroxylation sites is 1. The molecule has 26 heavy (non-hydrogen) atoms. The van der Waals surface area contributed by atoms with Gasteiger partial charge in [-0.2, -0.15) is 0 Å². The fourth-order valence-corrected chi connectivity index (χ4v) is 4.95. The fraction of sp³-hybridized carbons (Fsp3) is 0.400. The van der Waals surface area contributed by atoms with E-state index in [0.717, 1.165) is 36.0 Å². The molecule has 136 valence electrons. The minimum absolute atomic E-state index is 0.0592. The Morgan fingerprint density at radius 3 is 2.81 bits per heavy atom. The maximum atomic E-state index is 11.3. The number of nitrogens with zero attached hydrogens (tertiary/aromatic N) is 4. The van der Waals surface area contributed by atoms with Crippen LogP contribution in [-0.4, -0.2) is 41.1 Å². The van der Waals surface area contributed by atoms with Crippen molar-refractivity contribution in [1.82, 2.24) is 4.98 Å². The van der Waals surface area contributed by atoms with Crippen LogP contribution in [-0.2, 0) is 5.75 Å². The number of hydrogen-bond donors (Lipinski definition) is 1. The Bertz CT molecular complexity index is 810. The van der Waals surface area contributed by atoms with E-state index in [0.29, 0.717) is 0 Å². The van der Waals surface area contributed by atoms with E-state index in [4.69, 9.17) is 4.99 Å². The highest BCUT2D eigenvalue weighted by molar-refractivity contribution is 8.13. The minimum Gasteiger partial charge on any atom is -0.377 e. The van der Waals surface area contributed by atoms with E-state index in [1.54, 1.807) is 18.0 Å². The van der Waals surface area contributed by atoms with Gasteiger partial charge in [0.25, 0.3) is 0 Å². The van der Waals surface area contributed by atoms with Crippen molar-refractivity contribution in [2.24, 2.45) is 4.99 Å². The number of aliphatic hydroxyl groups is 1. The number of pyridine rings is 1. The molecule has 0 bridgehead atoms. The molecule has 2 aromatic rings. The van der Waals surface area contributed by atoms with Gasteiger partial charge in [0.1, 0.15) is 11.9 Å². The van der Waals surface area contributed by atoms with Gasteiger partial charge in [-0.25, -0.2) is 4.98 Å². The molecule has 6 heteroatoms. The summed E-state index contributed by atoms with van der Waals surface area (Å²) in [5.74, 6) is 1.57. The Hall–Kier alpha value is -2.05. The molecule has 1 fully saturated rings. The molecule has 0 spiro atoms. The second-order valence-electron chi connectivity index (χ2n) is 7.03. The third kappa shape index (κ3) is 2.97. The summed E-state index contributed by atoms with van der Waals surface area (Å²) < 4.78 is 0. The van der Waals surface area contributed by atoms with Gasteiger partial charge in [0, 0.05) is 31.7 Å². The van der Waals surface area contributed by atoms with E-state index in [9.17, 15) is 5.11 Å². The number of benzene rings is 1. The smallest absolute Gasteiger partial charge is 0.168 e. The van der Waals surface area contributed by atoms with Crippen LogP contribution in [0, 0.1) is 0 Å². The molecule has 1 aromatic carbocycles. The average molecular weight is 369 g/mol. The van der Waals surface area contributed by atoms with Crippen LogP contribution < -0.4 is 9.80 Å². The fourth-order valence-electron chi connectivity index (χ4n) is 3.83. The number of hydrogen-bond acceptors (Lipinski definition) is 6. The molecule has 0 radical (unpaired) electrons. The molecule has 2 atom stereocenters. The number of rotatable bonds is 4. The van der Waals surface area contributed by atoms with E-state index in [1.807, 2.05) is 23.1 Å². The van der Waals surface area contributed by atoms with Crippen molar-refractivity contribution in [1.29, 1.82) is 0 Å². The first-order valence-corrected chi connectivity index (χ1v) is 9.97. The molecule has 1 aliphatic heterocycles. The predicted octanol–water partition coefficient (Wildman–Crippen LogP) is 3.50. The molecule has 5 nitrogen and oxygen atoms in total. The van der Waals surface area contributed by atoms with Crippen molar-refractivity contribution in [3.05, 3.63) is 54.2 Å². The van der Waals surface area contributed by atoms with Crippen LogP contribution in [0.2, 0.25) is 0 Å².